The number of nitrogens with one attached hydrogen (secondary N) is 1. The zero-order valence-electron chi connectivity index (χ0n) is 11.7. The maximum Gasteiger partial charge on any atom is 0.223 e. The highest BCUT2D eigenvalue weighted by Gasteiger charge is 2.26. The van der Waals surface area contributed by atoms with Crippen LogP contribution in [0.3, 0.4) is 0 Å². The minimum atomic E-state index is -0.140. The second-order valence-corrected chi connectivity index (χ2v) is 5.63. The van der Waals surface area contributed by atoms with Crippen LogP contribution in [0.5, 0.6) is 0 Å². The molecule has 18 heavy (non-hydrogen) atoms. The van der Waals surface area contributed by atoms with Gasteiger partial charge in [-0.25, -0.2) is 0 Å². The fraction of sp³-hybridized carbons (Fsp3) is 0.615. The second-order valence-electron chi connectivity index (χ2n) is 5.63. The molecule has 0 aliphatic carbocycles. The van der Waals surface area contributed by atoms with Crippen LogP contribution in [0.1, 0.15) is 38.1 Å². The second kappa shape index (κ2) is 5.33. The molecule has 0 radical (unpaired) electrons. The lowest BCUT2D eigenvalue weighted by Gasteiger charge is -2.25. The van der Waals surface area contributed by atoms with Gasteiger partial charge in [0, 0.05) is 19.2 Å². The molecule has 0 spiro atoms. The van der Waals surface area contributed by atoms with E-state index in [0.29, 0.717) is 5.56 Å². The molecule has 0 fully saturated rings. The number of carbonyl (C=O) groups excluding carboxylic acids is 2. The summed E-state index contributed by atoms with van der Waals surface area (Å²) in [5.41, 5.74) is 0.405. The Morgan fingerprint density at radius 1 is 1.44 bits per heavy atom. The Labute approximate surface area is 108 Å². The molecule has 1 N–H and O–H groups in total. The van der Waals surface area contributed by atoms with Gasteiger partial charge in [0.15, 0.2) is 5.78 Å². The maximum absolute atomic E-state index is 11.8. The van der Waals surface area contributed by atoms with Crippen LogP contribution in [0, 0.1) is 11.3 Å². The van der Waals surface area contributed by atoms with E-state index in [1.165, 1.54) is 6.20 Å². The molecule has 5 heteroatoms. The summed E-state index contributed by atoms with van der Waals surface area (Å²) in [4.78, 5) is 23.6. The van der Waals surface area contributed by atoms with E-state index in [-0.39, 0.29) is 29.6 Å². The molecule has 100 valence electrons. The molecule has 0 saturated heterocycles. The van der Waals surface area contributed by atoms with Crippen molar-refractivity contribution in [1.29, 1.82) is 0 Å². The first-order chi connectivity index (χ1) is 8.21. The zero-order chi connectivity index (χ0) is 13.9. The minimum Gasteiger partial charge on any atom is -0.348 e. The van der Waals surface area contributed by atoms with E-state index < -0.39 is 0 Å². The molecule has 1 unspecified atom stereocenters. The highest BCUT2D eigenvalue weighted by atomic mass is 16.2. The van der Waals surface area contributed by atoms with E-state index in [1.54, 1.807) is 17.9 Å². The van der Waals surface area contributed by atoms with Gasteiger partial charge in [-0.2, -0.15) is 5.10 Å². The first-order valence-electron chi connectivity index (χ1n) is 6.01. The number of ketones is 1. The molecule has 1 rings (SSSR count). The summed E-state index contributed by atoms with van der Waals surface area (Å²) in [5.74, 6) is -0.364. The quantitative estimate of drug-likeness (QED) is 0.823. The topological polar surface area (TPSA) is 64.0 Å². The highest BCUT2D eigenvalue weighted by Crippen LogP contribution is 2.25. The van der Waals surface area contributed by atoms with Crippen LogP contribution >= 0.6 is 0 Å². The largest absolute Gasteiger partial charge is 0.348 e. The van der Waals surface area contributed by atoms with Crippen molar-refractivity contribution in [3.8, 4) is 0 Å². The van der Waals surface area contributed by atoms with Crippen LogP contribution in [-0.2, 0) is 11.8 Å². The average Bonchev–Trinajstić information content (AvgIpc) is 2.70. The van der Waals surface area contributed by atoms with Crippen molar-refractivity contribution in [3.63, 3.8) is 0 Å². The normalized spacial score (nSPS) is 13.2. The summed E-state index contributed by atoms with van der Waals surface area (Å²) < 4.78 is 1.56. The standard InChI is InChI=1S/C13H21N3O2/c1-9(13(2,3)4)12(18)14-7-11(17)10-6-15-16(5)8-10/h6,8-9H,7H2,1-5H3,(H,14,18). The highest BCUT2D eigenvalue weighted by molar-refractivity contribution is 5.99. The van der Waals surface area contributed by atoms with Crippen LogP contribution in [0.15, 0.2) is 12.4 Å². The Bertz CT molecular complexity index is 443. The Kier molecular flexibility index (Phi) is 4.27. The Balaban J connectivity index is 2.51. The molecular weight excluding hydrogens is 230 g/mol. The third-order valence-electron chi connectivity index (χ3n) is 3.14. The van der Waals surface area contributed by atoms with Crippen molar-refractivity contribution >= 4 is 11.7 Å². The number of amides is 1. The van der Waals surface area contributed by atoms with Crippen LogP contribution in [0.25, 0.3) is 0 Å². The predicted octanol–water partition coefficient (Wildman–Crippen LogP) is 1.40. The zero-order valence-corrected chi connectivity index (χ0v) is 11.7. The fourth-order valence-electron chi connectivity index (χ4n) is 1.38. The van der Waals surface area contributed by atoms with Gasteiger partial charge >= 0.3 is 0 Å². The van der Waals surface area contributed by atoms with Crippen molar-refractivity contribution < 1.29 is 9.59 Å². The summed E-state index contributed by atoms with van der Waals surface area (Å²) in [6.45, 7) is 7.88. The van der Waals surface area contributed by atoms with Gasteiger partial charge in [0.2, 0.25) is 5.91 Å². The van der Waals surface area contributed by atoms with E-state index in [2.05, 4.69) is 10.4 Å². The number of Topliss-reactive ketones (excluding diaryl/α,β-unsaturated/α-hetero) is 1. The molecule has 1 aromatic rings. The predicted molar refractivity (Wildman–Crippen MR) is 69.2 cm³/mol. The van der Waals surface area contributed by atoms with E-state index in [1.807, 2.05) is 27.7 Å². The summed E-state index contributed by atoms with van der Waals surface area (Å²) in [6.07, 6.45) is 3.14. The van der Waals surface area contributed by atoms with Gasteiger partial charge in [-0.05, 0) is 5.41 Å². The van der Waals surface area contributed by atoms with Crippen LogP contribution in [-0.4, -0.2) is 28.0 Å². The van der Waals surface area contributed by atoms with Gasteiger partial charge in [-0.1, -0.05) is 27.7 Å². The molecule has 1 amide bonds. The Hall–Kier alpha value is -1.65. The number of nitrogens with zero attached hydrogens (tertiary/aromatic N) is 2. The van der Waals surface area contributed by atoms with E-state index >= 15 is 0 Å². The molecule has 1 atom stereocenters. The molecular formula is C13H21N3O2. The van der Waals surface area contributed by atoms with Crippen molar-refractivity contribution in [2.24, 2.45) is 18.4 Å². The first kappa shape index (κ1) is 14.4. The summed E-state index contributed by atoms with van der Waals surface area (Å²) >= 11 is 0. The summed E-state index contributed by atoms with van der Waals surface area (Å²) in [7, 11) is 1.75. The van der Waals surface area contributed by atoms with Crippen LogP contribution in [0.4, 0.5) is 0 Å². The maximum atomic E-state index is 11.8. The lowest BCUT2D eigenvalue weighted by atomic mass is 9.81. The molecule has 0 saturated carbocycles. The van der Waals surface area contributed by atoms with E-state index in [9.17, 15) is 9.59 Å². The van der Waals surface area contributed by atoms with Crippen molar-refractivity contribution in [2.75, 3.05) is 6.54 Å². The fourth-order valence-corrected chi connectivity index (χ4v) is 1.38. The molecule has 0 bridgehead atoms. The number of aromatic nitrogens is 2. The number of hydrogen-bond donors (Lipinski definition) is 1. The Morgan fingerprint density at radius 3 is 2.50 bits per heavy atom. The number of hydrogen-bond acceptors (Lipinski definition) is 3. The monoisotopic (exact) mass is 251 g/mol. The molecule has 0 aliphatic heterocycles. The third kappa shape index (κ3) is 3.68. The number of aryl methyl sites for hydroxylation is 1. The van der Waals surface area contributed by atoms with Gasteiger partial charge in [0.25, 0.3) is 0 Å². The lowest BCUT2D eigenvalue weighted by Crippen LogP contribution is -2.38. The summed E-state index contributed by atoms with van der Waals surface area (Å²) in [6, 6.07) is 0. The van der Waals surface area contributed by atoms with Crippen molar-refractivity contribution in [3.05, 3.63) is 18.0 Å². The van der Waals surface area contributed by atoms with Crippen molar-refractivity contribution in [1.82, 2.24) is 15.1 Å². The number of carbonyl (C=O) groups is 2. The van der Waals surface area contributed by atoms with Crippen molar-refractivity contribution in [2.45, 2.75) is 27.7 Å². The lowest BCUT2D eigenvalue weighted by molar-refractivity contribution is -0.127. The van der Waals surface area contributed by atoms with E-state index in [0.717, 1.165) is 0 Å². The Morgan fingerprint density at radius 2 is 2.06 bits per heavy atom. The van der Waals surface area contributed by atoms with Gasteiger partial charge in [-0.3, -0.25) is 14.3 Å². The van der Waals surface area contributed by atoms with Gasteiger partial charge in [0.05, 0.1) is 18.3 Å². The van der Waals surface area contributed by atoms with Gasteiger partial charge < -0.3 is 5.32 Å². The SMILES string of the molecule is CC(C(=O)NCC(=O)c1cnn(C)c1)C(C)(C)C. The minimum absolute atomic E-state index is 0.0188. The molecule has 1 aromatic heterocycles. The average molecular weight is 251 g/mol. The molecule has 0 aromatic carbocycles. The van der Waals surface area contributed by atoms with Crippen LogP contribution in [0.2, 0.25) is 0 Å². The van der Waals surface area contributed by atoms with Gasteiger partial charge in [0.1, 0.15) is 0 Å². The van der Waals surface area contributed by atoms with E-state index in [4.69, 9.17) is 0 Å². The molecule has 0 aliphatic rings. The summed E-state index contributed by atoms with van der Waals surface area (Å²) in [5, 5.41) is 6.59. The third-order valence-corrected chi connectivity index (χ3v) is 3.14. The smallest absolute Gasteiger partial charge is 0.223 e. The molecule has 1 heterocycles. The first-order valence-corrected chi connectivity index (χ1v) is 6.01. The van der Waals surface area contributed by atoms with Crippen LogP contribution < -0.4 is 5.32 Å². The number of rotatable bonds is 4. The van der Waals surface area contributed by atoms with Gasteiger partial charge in [-0.15, -0.1) is 0 Å². The molecule has 5 nitrogen and oxygen atoms in total.